The molecule has 0 amide bonds. The molecular weight excluding hydrogens is 146 g/mol. The molecule has 0 saturated heterocycles. The van der Waals surface area contributed by atoms with Crippen molar-refractivity contribution in [2.75, 3.05) is 7.05 Å². The van der Waals surface area contributed by atoms with Gasteiger partial charge in [0.25, 0.3) is 0 Å². The van der Waals surface area contributed by atoms with Crippen LogP contribution in [0.5, 0.6) is 0 Å². The van der Waals surface area contributed by atoms with E-state index in [0.29, 0.717) is 0 Å². The van der Waals surface area contributed by atoms with Gasteiger partial charge in [0.05, 0.1) is 0 Å². The fourth-order valence-electron chi connectivity index (χ4n) is 1.79. The summed E-state index contributed by atoms with van der Waals surface area (Å²) in [5.74, 6) is 0.839. The van der Waals surface area contributed by atoms with Gasteiger partial charge in [0.2, 0.25) is 0 Å². The zero-order chi connectivity index (χ0) is 9.40. The highest BCUT2D eigenvalue weighted by Gasteiger charge is 2.12. The Balaban J connectivity index is 3.62. The van der Waals surface area contributed by atoms with E-state index >= 15 is 0 Å². The second-order valence-corrected chi connectivity index (χ2v) is 3.80. The lowest BCUT2D eigenvalue weighted by Gasteiger charge is -2.22. The molecule has 12 heavy (non-hydrogen) atoms. The number of nitrogens with one attached hydrogen (secondary N) is 1. The summed E-state index contributed by atoms with van der Waals surface area (Å²) in [4.78, 5) is 0. The summed E-state index contributed by atoms with van der Waals surface area (Å²) in [6.07, 6.45) is 6.69. The van der Waals surface area contributed by atoms with Gasteiger partial charge >= 0.3 is 0 Å². The molecule has 0 radical (unpaired) electrons. The molecule has 2 unspecified atom stereocenters. The summed E-state index contributed by atoms with van der Waals surface area (Å²) in [6.45, 7) is 6.89. The van der Waals surface area contributed by atoms with E-state index in [1.165, 1.54) is 32.1 Å². The quantitative estimate of drug-likeness (QED) is 0.620. The maximum atomic E-state index is 3.42. The molecule has 0 rings (SSSR count). The number of rotatable bonds is 7. The molecule has 0 aliphatic heterocycles. The van der Waals surface area contributed by atoms with Crippen LogP contribution < -0.4 is 5.32 Å². The standard InChI is InChI=1S/C11H25N/c1-5-7-9-11(12-4)10(3)8-6-2/h10-12H,5-9H2,1-4H3. The summed E-state index contributed by atoms with van der Waals surface area (Å²) < 4.78 is 0. The van der Waals surface area contributed by atoms with Gasteiger partial charge < -0.3 is 5.32 Å². The van der Waals surface area contributed by atoms with Crippen molar-refractivity contribution in [1.29, 1.82) is 0 Å². The summed E-state index contributed by atoms with van der Waals surface area (Å²) >= 11 is 0. The van der Waals surface area contributed by atoms with Crippen molar-refractivity contribution >= 4 is 0 Å². The van der Waals surface area contributed by atoms with Crippen molar-refractivity contribution < 1.29 is 0 Å². The normalized spacial score (nSPS) is 16.0. The molecule has 0 aromatic carbocycles. The monoisotopic (exact) mass is 171 g/mol. The van der Waals surface area contributed by atoms with E-state index in [9.17, 15) is 0 Å². The van der Waals surface area contributed by atoms with Crippen molar-refractivity contribution in [3.8, 4) is 0 Å². The van der Waals surface area contributed by atoms with Crippen LogP contribution in [0.4, 0.5) is 0 Å². The van der Waals surface area contributed by atoms with Crippen LogP contribution in [-0.2, 0) is 0 Å². The summed E-state index contributed by atoms with van der Waals surface area (Å²) in [7, 11) is 2.09. The third kappa shape index (κ3) is 4.76. The maximum Gasteiger partial charge on any atom is 0.00896 e. The molecule has 0 aliphatic rings. The lowest BCUT2D eigenvalue weighted by Crippen LogP contribution is -2.31. The molecule has 0 heterocycles. The second kappa shape index (κ2) is 7.60. The molecule has 1 heteroatoms. The van der Waals surface area contributed by atoms with E-state index in [1.54, 1.807) is 0 Å². The van der Waals surface area contributed by atoms with Gasteiger partial charge in [-0.3, -0.25) is 0 Å². The fraction of sp³-hybridized carbons (Fsp3) is 1.00. The second-order valence-electron chi connectivity index (χ2n) is 3.80. The number of hydrogen-bond acceptors (Lipinski definition) is 1. The van der Waals surface area contributed by atoms with Gasteiger partial charge in [0.1, 0.15) is 0 Å². The van der Waals surface area contributed by atoms with Crippen LogP contribution in [0, 0.1) is 5.92 Å². The highest BCUT2D eigenvalue weighted by molar-refractivity contribution is 4.70. The Morgan fingerprint density at radius 2 is 1.75 bits per heavy atom. The summed E-state index contributed by atoms with van der Waals surface area (Å²) in [5, 5.41) is 3.42. The molecular formula is C11H25N. The zero-order valence-corrected chi connectivity index (χ0v) is 9.19. The molecule has 74 valence electrons. The molecule has 0 aromatic rings. The first-order valence-electron chi connectivity index (χ1n) is 5.43. The van der Waals surface area contributed by atoms with Crippen LogP contribution in [0.3, 0.4) is 0 Å². The molecule has 0 saturated carbocycles. The van der Waals surface area contributed by atoms with E-state index in [2.05, 4.69) is 33.1 Å². The maximum absolute atomic E-state index is 3.42. The Labute approximate surface area is 77.9 Å². The van der Waals surface area contributed by atoms with Gasteiger partial charge in [0.15, 0.2) is 0 Å². The zero-order valence-electron chi connectivity index (χ0n) is 9.19. The van der Waals surface area contributed by atoms with E-state index < -0.39 is 0 Å². The predicted molar refractivity (Wildman–Crippen MR) is 56.4 cm³/mol. The average molecular weight is 171 g/mol. The van der Waals surface area contributed by atoms with Gasteiger partial charge in [-0.25, -0.2) is 0 Å². The van der Waals surface area contributed by atoms with Gasteiger partial charge in [-0.2, -0.15) is 0 Å². The van der Waals surface area contributed by atoms with Crippen molar-refractivity contribution in [3.05, 3.63) is 0 Å². The van der Waals surface area contributed by atoms with Gasteiger partial charge in [0, 0.05) is 6.04 Å². The van der Waals surface area contributed by atoms with E-state index in [1.807, 2.05) is 0 Å². The Morgan fingerprint density at radius 1 is 1.08 bits per heavy atom. The summed E-state index contributed by atoms with van der Waals surface area (Å²) in [6, 6.07) is 0.741. The molecule has 1 nitrogen and oxygen atoms in total. The van der Waals surface area contributed by atoms with E-state index in [-0.39, 0.29) is 0 Å². The lowest BCUT2D eigenvalue weighted by atomic mass is 9.93. The van der Waals surface area contributed by atoms with Gasteiger partial charge in [-0.05, 0) is 25.8 Å². The minimum absolute atomic E-state index is 0.741. The molecule has 0 spiro atoms. The highest BCUT2D eigenvalue weighted by atomic mass is 14.9. The molecule has 0 bridgehead atoms. The molecule has 1 N–H and O–H groups in total. The largest absolute Gasteiger partial charge is 0.317 e. The van der Waals surface area contributed by atoms with Crippen molar-refractivity contribution in [3.63, 3.8) is 0 Å². The van der Waals surface area contributed by atoms with Gasteiger partial charge in [-0.1, -0.05) is 40.0 Å². The van der Waals surface area contributed by atoms with Crippen LogP contribution in [0.25, 0.3) is 0 Å². The van der Waals surface area contributed by atoms with E-state index in [4.69, 9.17) is 0 Å². The summed E-state index contributed by atoms with van der Waals surface area (Å²) in [5.41, 5.74) is 0. The van der Waals surface area contributed by atoms with Gasteiger partial charge in [-0.15, -0.1) is 0 Å². The van der Waals surface area contributed by atoms with Crippen molar-refractivity contribution in [1.82, 2.24) is 5.32 Å². The van der Waals surface area contributed by atoms with Crippen LogP contribution in [-0.4, -0.2) is 13.1 Å². The lowest BCUT2D eigenvalue weighted by molar-refractivity contribution is 0.348. The van der Waals surface area contributed by atoms with Crippen LogP contribution >= 0.6 is 0 Å². The Hall–Kier alpha value is -0.0400. The average Bonchev–Trinajstić information content (AvgIpc) is 2.06. The van der Waals surface area contributed by atoms with E-state index in [0.717, 1.165) is 12.0 Å². The number of hydrogen-bond donors (Lipinski definition) is 1. The third-order valence-corrected chi connectivity index (χ3v) is 2.67. The van der Waals surface area contributed by atoms with Crippen LogP contribution in [0.15, 0.2) is 0 Å². The minimum atomic E-state index is 0.741. The van der Waals surface area contributed by atoms with Crippen molar-refractivity contribution in [2.24, 2.45) is 5.92 Å². The first-order valence-corrected chi connectivity index (χ1v) is 5.43. The molecule has 0 aromatic heterocycles. The number of unbranched alkanes of at least 4 members (excludes halogenated alkanes) is 1. The Morgan fingerprint density at radius 3 is 2.17 bits per heavy atom. The fourth-order valence-corrected chi connectivity index (χ4v) is 1.79. The first kappa shape index (κ1) is 12.0. The predicted octanol–water partition coefficient (Wildman–Crippen LogP) is 3.20. The molecule has 0 fully saturated rings. The van der Waals surface area contributed by atoms with Crippen LogP contribution in [0.1, 0.15) is 52.9 Å². The third-order valence-electron chi connectivity index (χ3n) is 2.67. The SMILES string of the molecule is CCCCC(NC)C(C)CCC. The Bertz CT molecular complexity index is 91.0. The molecule has 2 atom stereocenters. The Kier molecular flexibility index (Phi) is 7.58. The smallest absolute Gasteiger partial charge is 0.00896 e. The molecule has 0 aliphatic carbocycles. The van der Waals surface area contributed by atoms with Crippen molar-refractivity contribution in [2.45, 2.75) is 58.9 Å². The van der Waals surface area contributed by atoms with Crippen LogP contribution in [0.2, 0.25) is 0 Å². The first-order chi connectivity index (χ1) is 5.76. The highest BCUT2D eigenvalue weighted by Crippen LogP contribution is 2.15. The minimum Gasteiger partial charge on any atom is -0.317 e. The topological polar surface area (TPSA) is 12.0 Å².